The number of hydrogen-bond donors (Lipinski definition) is 1. The van der Waals surface area contributed by atoms with E-state index in [0.29, 0.717) is 19.1 Å². The Morgan fingerprint density at radius 3 is 2.25 bits per heavy atom. The highest BCUT2D eigenvalue weighted by Crippen LogP contribution is 2.24. The molecule has 2 heterocycles. The molecule has 3 rings (SSSR count). The summed E-state index contributed by atoms with van der Waals surface area (Å²) in [5, 5.41) is 2.86. The summed E-state index contributed by atoms with van der Waals surface area (Å²) in [5.74, 6) is 0.512. The van der Waals surface area contributed by atoms with E-state index in [1.165, 1.54) is 12.1 Å². The topological polar surface area (TPSA) is 83.6 Å². The van der Waals surface area contributed by atoms with Crippen LogP contribution in [0.25, 0.3) is 0 Å². The predicted octanol–water partition coefficient (Wildman–Crippen LogP) is 3.45. The highest BCUT2D eigenvalue weighted by molar-refractivity contribution is 5.91. The van der Waals surface area contributed by atoms with Gasteiger partial charge in [0.2, 0.25) is 5.91 Å². The zero-order valence-corrected chi connectivity index (χ0v) is 22.5. The summed E-state index contributed by atoms with van der Waals surface area (Å²) in [6, 6.07) is 8.02. The summed E-state index contributed by atoms with van der Waals surface area (Å²) >= 11 is 0. The van der Waals surface area contributed by atoms with Crippen molar-refractivity contribution in [1.29, 1.82) is 0 Å². The van der Waals surface area contributed by atoms with E-state index >= 15 is 0 Å². The zero-order valence-electron chi connectivity index (χ0n) is 22.5. The van der Waals surface area contributed by atoms with Crippen LogP contribution in [0.3, 0.4) is 0 Å². The molecule has 0 radical (unpaired) electrons. The highest BCUT2D eigenvalue weighted by Gasteiger charge is 2.27. The number of amides is 2. The fourth-order valence-electron chi connectivity index (χ4n) is 4.59. The molecule has 2 amide bonds. The number of carbonyl (C=O) groups is 2. The Morgan fingerprint density at radius 1 is 0.972 bits per heavy atom. The van der Waals surface area contributed by atoms with Gasteiger partial charge in [-0.2, -0.15) is 0 Å². The minimum absolute atomic E-state index is 0.0237. The third kappa shape index (κ3) is 9.59. The number of ether oxygens (including phenoxy) is 3. The molecule has 0 aliphatic carbocycles. The molecule has 2 aliphatic heterocycles. The van der Waals surface area contributed by atoms with Crippen LogP contribution in [0.15, 0.2) is 24.3 Å². The van der Waals surface area contributed by atoms with Gasteiger partial charge in [0.05, 0.1) is 13.2 Å². The normalized spacial score (nSPS) is 17.8. The van der Waals surface area contributed by atoms with Crippen LogP contribution in [0.4, 0.5) is 16.2 Å². The number of carbonyl (C=O) groups excluding carboxylic acids is 2. The molecule has 0 aromatic heterocycles. The largest absolute Gasteiger partial charge is 0.444 e. The Hall–Kier alpha value is -2.36. The third-order valence-corrected chi connectivity index (χ3v) is 6.67. The molecule has 9 heteroatoms. The summed E-state index contributed by atoms with van der Waals surface area (Å²) in [4.78, 5) is 31.0. The van der Waals surface area contributed by atoms with E-state index in [1.807, 2.05) is 37.8 Å². The first-order chi connectivity index (χ1) is 17.2. The van der Waals surface area contributed by atoms with E-state index in [1.54, 1.807) is 7.11 Å². The molecular weight excluding hydrogens is 460 g/mol. The molecule has 9 nitrogen and oxygen atoms in total. The van der Waals surface area contributed by atoms with Crippen LogP contribution in [-0.4, -0.2) is 100 Å². The average molecular weight is 505 g/mol. The lowest BCUT2D eigenvalue weighted by Gasteiger charge is -2.38. The maximum Gasteiger partial charge on any atom is 0.410 e. The SMILES string of the molecule is COCCOCC(=O)Nc1ccc(N2CCN(CCC3CCN(C(=O)OC(C)(C)C)CC3)CC2)cc1. The van der Waals surface area contributed by atoms with E-state index in [2.05, 4.69) is 27.2 Å². The van der Waals surface area contributed by atoms with Crippen LogP contribution < -0.4 is 10.2 Å². The summed E-state index contributed by atoms with van der Waals surface area (Å²) in [6.45, 7) is 13.4. The number of nitrogens with one attached hydrogen (secondary N) is 1. The van der Waals surface area contributed by atoms with Crippen molar-refractivity contribution in [3.05, 3.63) is 24.3 Å². The van der Waals surface area contributed by atoms with Crippen molar-refractivity contribution in [3.63, 3.8) is 0 Å². The van der Waals surface area contributed by atoms with Gasteiger partial charge in [0.1, 0.15) is 12.2 Å². The second-order valence-electron chi connectivity index (χ2n) is 10.7. The number of anilines is 2. The molecule has 2 fully saturated rings. The number of nitrogens with zero attached hydrogens (tertiary/aromatic N) is 3. The van der Waals surface area contributed by atoms with Gasteiger partial charge in [0, 0.05) is 57.8 Å². The maximum absolute atomic E-state index is 12.3. The molecule has 36 heavy (non-hydrogen) atoms. The molecule has 0 unspecified atom stereocenters. The summed E-state index contributed by atoms with van der Waals surface area (Å²) in [6.07, 6.45) is 3.12. The molecule has 1 N–H and O–H groups in total. The molecule has 1 aromatic rings. The van der Waals surface area contributed by atoms with Gasteiger partial charge < -0.3 is 29.3 Å². The minimum Gasteiger partial charge on any atom is -0.444 e. The lowest BCUT2D eigenvalue weighted by Crippen LogP contribution is -2.47. The highest BCUT2D eigenvalue weighted by atomic mass is 16.6. The molecule has 0 spiro atoms. The minimum atomic E-state index is -0.437. The fraction of sp³-hybridized carbons (Fsp3) is 0.704. The molecule has 2 aliphatic rings. The predicted molar refractivity (Wildman–Crippen MR) is 142 cm³/mol. The lowest BCUT2D eigenvalue weighted by atomic mass is 9.93. The monoisotopic (exact) mass is 504 g/mol. The van der Waals surface area contributed by atoms with E-state index in [4.69, 9.17) is 14.2 Å². The van der Waals surface area contributed by atoms with Crippen LogP contribution in [0, 0.1) is 5.92 Å². The Labute approximate surface area is 216 Å². The van der Waals surface area contributed by atoms with E-state index in [-0.39, 0.29) is 18.6 Å². The zero-order chi connectivity index (χ0) is 26.0. The Balaban J connectivity index is 1.31. The summed E-state index contributed by atoms with van der Waals surface area (Å²) < 4.78 is 15.7. The number of likely N-dealkylation sites (tertiary alicyclic amines) is 1. The molecule has 0 bridgehead atoms. The van der Waals surface area contributed by atoms with Crippen molar-refractivity contribution in [2.45, 2.75) is 45.6 Å². The number of methoxy groups -OCH3 is 1. The van der Waals surface area contributed by atoms with Crippen LogP contribution in [0.1, 0.15) is 40.0 Å². The Kier molecular flexibility index (Phi) is 10.8. The van der Waals surface area contributed by atoms with Gasteiger partial charge in [0.15, 0.2) is 0 Å². The molecule has 202 valence electrons. The summed E-state index contributed by atoms with van der Waals surface area (Å²) in [5.41, 5.74) is 1.52. The number of rotatable bonds is 10. The molecule has 2 saturated heterocycles. The van der Waals surface area contributed by atoms with Crippen LogP contribution in [0.5, 0.6) is 0 Å². The smallest absolute Gasteiger partial charge is 0.410 e. The first kappa shape index (κ1) is 28.2. The fourth-order valence-corrected chi connectivity index (χ4v) is 4.59. The molecule has 0 atom stereocenters. The van der Waals surface area contributed by atoms with Crippen LogP contribution >= 0.6 is 0 Å². The van der Waals surface area contributed by atoms with Gasteiger partial charge in [-0.1, -0.05) is 0 Å². The van der Waals surface area contributed by atoms with E-state index in [0.717, 1.165) is 64.3 Å². The van der Waals surface area contributed by atoms with E-state index < -0.39 is 5.60 Å². The quantitative estimate of drug-likeness (QED) is 0.489. The first-order valence-electron chi connectivity index (χ1n) is 13.2. The van der Waals surface area contributed by atoms with Gasteiger partial charge in [-0.25, -0.2) is 4.79 Å². The van der Waals surface area contributed by atoms with Gasteiger partial charge >= 0.3 is 6.09 Å². The van der Waals surface area contributed by atoms with Crippen molar-refractivity contribution in [2.75, 3.05) is 83.0 Å². The average Bonchev–Trinajstić information content (AvgIpc) is 2.85. The number of piperidine rings is 1. The number of hydrogen-bond acceptors (Lipinski definition) is 7. The second kappa shape index (κ2) is 13.8. The maximum atomic E-state index is 12.3. The van der Waals surface area contributed by atoms with Gasteiger partial charge in [-0.3, -0.25) is 9.69 Å². The number of benzene rings is 1. The van der Waals surface area contributed by atoms with Crippen LogP contribution in [0.2, 0.25) is 0 Å². The first-order valence-corrected chi connectivity index (χ1v) is 13.2. The van der Waals surface area contributed by atoms with Gasteiger partial charge in [0.25, 0.3) is 0 Å². The van der Waals surface area contributed by atoms with Gasteiger partial charge in [-0.15, -0.1) is 0 Å². The van der Waals surface area contributed by atoms with Crippen LogP contribution in [-0.2, 0) is 19.0 Å². The van der Waals surface area contributed by atoms with Gasteiger partial charge in [-0.05, 0) is 76.8 Å². The standard InChI is InChI=1S/C27H44N4O5/c1-27(2,3)36-26(33)31-13-10-22(11-14-31)9-12-29-15-17-30(18-16-29)24-7-5-23(6-8-24)28-25(32)21-35-20-19-34-4/h5-8,22H,9-21H2,1-4H3,(H,28,32). The Morgan fingerprint density at radius 2 is 1.64 bits per heavy atom. The second-order valence-corrected chi connectivity index (χ2v) is 10.7. The number of piperazine rings is 1. The third-order valence-electron chi connectivity index (χ3n) is 6.67. The van der Waals surface area contributed by atoms with E-state index in [9.17, 15) is 9.59 Å². The van der Waals surface area contributed by atoms with Crippen molar-refractivity contribution < 1.29 is 23.8 Å². The van der Waals surface area contributed by atoms with Crippen molar-refractivity contribution in [1.82, 2.24) is 9.80 Å². The van der Waals surface area contributed by atoms with Crippen molar-refractivity contribution >= 4 is 23.4 Å². The molecule has 0 saturated carbocycles. The summed E-state index contributed by atoms with van der Waals surface area (Å²) in [7, 11) is 1.60. The molecular formula is C27H44N4O5. The lowest BCUT2D eigenvalue weighted by molar-refractivity contribution is -0.121. The van der Waals surface area contributed by atoms with Crippen molar-refractivity contribution in [2.24, 2.45) is 5.92 Å². The molecule has 1 aromatic carbocycles. The Bertz CT molecular complexity index is 810. The van der Waals surface area contributed by atoms with Crippen molar-refractivity contribution in [3.8, 4) is 0 Å².